The van der Waals surface area contributed by atoms with E-state index >= 15 is 0 Å². The number of aromatic nitrogens is 1. The highest BCUT2D eigenvalue weighted by Gasteiger charge is 2.36. The minimum absolute atomic E-state index is 0.172. The molecule has 0 saturated carbocycles. The smallest absolute Gasteiger partial charge is 0.341 e. The topological polar surface area (TPSA) is 116 Å². The second-order valence-corrected chi connectivity index (χ2v) is 9.97. The summed E-state index contributed by atoms with van der Waals surface area (Å²) in [6.45, 7) is 3.20. The van der Waals surface area contributed by atoms with Crippen LogP contribution in [-0.4, -0.2) is 41.9 Å². The van der Waals surface area contributed by atoms with E-state index in [1.54, 1.807) is 51.3 Å². The van der Waals surface area contributed by atoms with Gasteiger partial charge in [0.2, 0.25) is 0 Å². The fourth-order valence-electron chi connectivity index (χ4n) is 4.76. The standard InChI is InChI=1S/C30H26N2O7S/c1-4-38-29(36)25-17(2)31-30-32(27(25)26-21-8-6-5-7-19(21)11-14-22(26)37-3)28(35)23(40-30)15-18-9-12-20(13-10-18)39-16-24(33)34/h5-15,27H,4,16H2,1-3H3,(H,33,34)/b23-15+. The van der Waals surface area contributed by atoms with Gasteiger partial charge in [0.1, 0.15) is 17.5 Å². The molecule has 1 aliphatic heterocycles. The Morgan fingerprint density at radius 1 is 1.10 bits per heavy atom. The molecule has 204 valence electrons. The average molecular weight is 559 g/mol. The number of fused-ring (bicyclic) bond motifs is 2. The minimum atomic E-state index is -1.07. The molecule has 0 radical (unpaired) electrons. The number of carbonyl (C=O) groups is 2. The maximum absolute atomic E-state index is 14.0. The van der Waals surface area contributed by atoms with Crippen LogP contribution in [0.2, 0.25) is 0 Å². The van der Waals surface area contributed by atoms with Crippen molar-refractivity contribution in [2.45, 2.75) is 19.9 Å². The molecule has 1 aliphatic rings. The highest BCUT2D eigenvalue weighted by molar-refractivity contribution is 7.07. The fraction of sp³-hybridized carbons (Fsp3) is 0.200. The molecular weight excluding hydrogens is 532 g/mol. The molecule has 2 heterocycles. The van der Waals surface area contributed by atoms with E-state index in [1.165, 1.54) is 15.9 Å². The van der Waals surface area contributed by atoms with E-state index in [9.17, 15) is 14.4 Å². The van der Waals surface area contributed by atoms with Crippen molar-refractivity contribution in [3.63, 3.8) is 0 Å². The molecule has 1 atom stereocenters. The second-order valence-electron chi connectivity index (χ2n) is 8.96. The first-order valence-electron chi connectivity index (χ1n) is 12.5. The Morgan fingerprint density at radius 2 is 1.85 bits per heavy atom. The van der Waals surface area contributed by atoms with Crippen molar-refractivity contribution < 1.29 is 28.9 Å². The summed E-state index contributed by atoms with van der Waals surface area (Å²) >= 11 is 1.22. The molecule has 5 rings (SSSR count). The number of allylic oxidation sites excluding steroid dienone is 1. The number of carbonyl (C=O) groups excluding carboxylic acids is 1. The van der Waals surface area contributed by atoms with Gasteiger partial charge in [0, 0.05) is 5.56 Å². The van der Waals surface area contributed by atoms with Gasteiger partial charge >= 0.3 is 11.9 Å². The van der Waals surface area contributed by atoms with E-state index in [0.717, 1.165) is 10.8 Å². The SMILES string of the molecule is CCOC(=O)C1=C(C)N=c2s/c(=C/c3ccc(OCC(=O)O)cc3)c(=O)n2C1c1c(OC)ccc2ccccc12. The van der Waals surface area contributed by atoms with Crippen LogP contribution < -0.4 is 24.4 Å². The Morgan fingerprint density at radius 3 is 2.55 bits per heavy atom. The molecule has 0 saturated heterocycles. The van der Waals surface area contributed by atoms with Crippen LogP contribution in [0.5, 0.6) is 11.5 Å². The number of carboxylic acid groups (broad SMARTS) is 1. The summed E-state index contributed by atoms with van der Waals surface area (Å²) in [5, 5.41) is 10.6. The lowest BCUT2D eigenvalue weighted by molar-refractivity contribution is -0.140. The molecule has 40 heavy (non-hydrogen) atoms. The normalized spacial score (nSPS) is 15.0. The second kappa shape index (κ2) is 11.2. The van der Waals surface area contributed by atoms with Crippen molar-refractivity contribution in [1.29, 1.82) is 0 Å². The number of aliphatic carboxylic acids is 1. The quantitative estimate of drug-likeness (QED) is 0.330. The van der Waals surface area contributed by atoms with Crippen molar-refractivity contribution in [2.24, 2.45) is 4.99 Å². The fourth-order valence-corrected chi connectivity index (χ4v) is 5.80. The molecule has 0 fully saturated rings. The Labute approximate surface area is 232 Å². The molecule has 4 aromatic rings. The molecular formula is C30H26N2O7S. The third-order valence-electron chi connectivity index (χ3n) is 6.48. The van der Waals surface area contributed by atoms with Crippen LogP contribution in [0.3, 0.4) is 0 Å². The van der Waals surface area contributed by atoms with Crippen LogP contribution in [0, 0.1) is 0 Å². The predicted octanol–water partition coefficient (Wildman–Crippen LogP) is 3.42. The zero-order chi connectivity index (χ0) is 28.4. The molecule has 1 aromatic heterocycles. The number of nitrogens with zero attached hydrogens (tertiary/aromatic N) is 2. The number of methoxy groups -OCH3 is 1. The lowest BCUT2D eigenvalue weighted by atomic mass is 9.90. The summed E-state index contributed by atoms with van der Waals surface area (Å²) in [6.07, 6.45) is 1.73. The number of carboxylic acids is 1. The monoisotopic (exact) mass is 558 g/mol. The maximum atomic E-state index is 14.0. The van der Waals surface area contributed by atoms with E-state index in [1.807, 2.05) is 36.4 Å². The highest BCUT2D eigenvalue weighted by Crippen LogP contribution is 2.40. The third-order valence-corrected chi connectivity index (χ3v) is 7.46. The summed E-state index contributed by atoms with van der Waals surface area (Å²) in [6, 6.07) is 17.4. The van der Waals surface area contributed by atoms with Gasteiger partial charge in [0.25, 0.3) is 5.56 Å². The molecule has 0 amide bonds. The number of rotatable bonds is 8. The van der Waals surface area contributed by atoms with Gasteiger partial charge in [-0.1, -0.05) is 53.8 Å². The van der Waals surface area contributed by atoms with Crippen molar-refractivity contribution in [3.8, 4) is 11.5 Å². The first-order chi connectivity index (χ1) is 19.3. The zero-order valence-corrected chi connectivity index (χ0v) is 22.9. The van der Waals surface area contributed by atoms with Crippen molar-refractivity contribution >= 4 is 40.1 Å². The minimum Gasteiger partial charge on any atom is -0.496 e. The predicted molar refractivity (Wildman–Crippen MR) is 150 cm³/mol. The van der Waals surface area contributed by atoms with Gasteiger partial charge in [0.05, 0.1) is 29.5 Å². The molecule has 0 spiro atoms. The average Bonchev–Trinajstić information content (AvgIpc) is 3.25. The molecule has 0 aliphatic carbocycles. The molecule has 0 bridgehead atoms. The van der Waals surface area contributed by atoms with Crippen LogP contribution in [0.1, 0.15) is 31.0 Å². The molecule has 3 aromatic carbocycles. The maximum Gasteiger partial charge on any atom is 0.341 e. The first kappa shape index (κ1) is 26.9. The van der Waals surface area contributed by atoms with E-state index < -0.39 is 24.6 Å². The van der Waals surface area contributed by atoms with Crippen LogP contribution in [-0.2, 0) is 14.3 Å². The summed E-state index contributed by atoms with van der Waals surface area (Å²) in [7, 11) is 1.56. The van der Waals surface area contributed by atoms with Gasteiger partial charge in [-0.3, -0.25) is 9.36 Å². The van der Waals surface area contributed by atoms with Crippen LogP contribution in [0.25, 0.3) is 16.8 Å². The lowest BCUT2D eigenvalue weighted by Gasteiger charge is -2.27. The van der Waals surface area contributed by atoms with Crippen LogP contribution in [0.15, 0.2) is 81.7 Å². The van der Waals surface area contributed by atoms with Gasteiger partial charge in [-0.2, -0.15) is 0 Å². The summed E-state index contributed by atoms with van der Waals surface area (Å²) < 4.78 is 18.3. The number of ether oxygens (including phenoxy) is 3. The van der Waals surface area contributed by atoms with Gasteiger partial charge < -0.3 is 19.3 Å². The number of thiazole rings is 1. The zero-order valence-electron chi connectivity index (χ0n) is 22.0. The Hall–Kier alpha value is -4.70. The molecule has 10 heteroatoms. The van der Waals surface area contributed by atoms with Crippen molar-refractivity contribution in [2.75, 3.05) is 20.3 Å². The van der Waals surface area contributed by atoms with E-state index in [-0.39, 0.29) is 17.7 Å². The van der Waals surface area contributed by atoms with E-state index in [4.69, 9.17) is 19.3 Å². The lowest BCUT2D eigenvalue weighted by Crippen LogP contribution is -2.40. The molecule has 1 unspecified atom stereocenters. The molecule has 1 N–H and O–H groups in total. The van der Waals surface area contributed by atoms with Gasteiger partial charge in [0.15, 0.2) is 11.4 Å². The Bertz CT molecular complexity index is 1830. The van der Waals surface area contributed by atoms with Gasteiger partial charge in [-0.15, -0.1) is 0 Å². The summed E-state index contributed by atoms with van der Waals surface area (Å²) in [4.78, 5) is 43.2. The van der Waals surface area contributed by atoms with Gasteiger partial charge in [-0.05, 0) is 54.5 Å². The highest BCUT2D eigenvalue weighted by atomic mass is 32.1. The van der Waals surface area contributed by atoms with Crippen molar-refractivity contribution in [1.82, 2.24) is 4.57 Å². The van der Waals surface area contributed by atoms with Gasteiger partial charge in [-0.25, -0.2) is 14.6 Å². The van der Waals surface area contributed by atoms with E-state index in [2.05, 4.69) is 4.99 Å². The van der Waals surface area contributed by atoms with Crippen LogP contribution >= 0.6 is 11.3 Å². The number of hydrogen-bond donors (Lipinski definition) is 1. The van der Waals surface area contributed by atoms with E-state index in [0.29, 0.717) is 37.7 Å². The third kappa shape index (κ3) is 5.01. The Balaban J connectivity index is 1.72. The summed E-state index contributed by atoms with van der Waals surface area (Å²) in [5.74, 6) is -0.680. The number of benzene rings is 3. The first-order valence-corrected chi connectivity index (χ1v) is 13.3. The largest absolute Gasteiger partial charge is 0.496 e. The molecule has 9 nitrogen and oxygen atoms in total. The van der Waals surface area contributed by atoms with Crippen molar-refractivity contribution in [3.05, 3.63) is 103 Å². The Kier molecular flexibility index (Phi) is 7.52. The summed E-state index contributed by atoms with van der Waals surface area (Å²) in [5.41, 5.74) is 1.81. The number of esters is 1. The number of hydrogen-bond acceptors (Lipinski definition) is 8. The van der Waals surface area contributed by atoms with Crippen LogP contribution in [0.4, 0.5) is 0 Å².